The van der Waals surface area contributed by atoms with Crippen LogP contribution in [0.1, 0.15) is 10.5 Å². The standard InChI is InChI=1S/C7H4N4O2S2/c12-6(13)4-1-9-5(2-8-4)15-7-11-10-3-14-7/h1-3H,(H,12,13). The predicted molar refractivity (Wildman–Crippen MR) is 53.0 cm³/mol. The highest BCUT2D eigenvalue weighted by atomic mass is 32.2. The third kappa shape index (κ3) is 2.48. The zero-order valence-electron chi connectivity index (χ0n) is 7.19. The molecule has 0 radical (unpaired) electrons. The van der Waals surface area contributed by atoms with Crippen LogP contribution in [0, 0.1) is 0 Å². The maximum Gasteiger partial charge on any atom is 0.356 e. The predicted octanol–water partition coefficient (Wildman–Crippen LogP) is 1.18. The summed E-state index contributed by atoms with van der Waals surface area (Å²) in [7, 11) is 0. The summed E-state index contributed by atoms with van der Waals surface area (Å²) in [6, 6.07) is 0. The minimum atomic E-state index is -1.09. The van der Waals surface area contributed by atoms with E-state index in [1.807, 2.05) is 0 Å². The Labute approximate surface area is 92.4 Å². The summed E-state index contributed by atoms with van der Waals surface area (Å²) in [6.07, 6.45) is 2.61. The highest BCUT2D eigenvalue weighted by Crippen LogP contribution is 2.25. The fourth-order valence-corrected chi connectivity index (χ4v) is 2.11. The first kappa shape index (κ1) is 9.99. The van der Waals surface area contributed by atoms with Crippen molar-refractivity contribution in [2.24, 2.45) is 0 Å². The third-order valence-corrected chi connectivity index (χ3v) is 3.08. The quantitative estimate of drug-likeness (QED) is 0.861. The van der Waals surface area contributed by atoms with Gasteiger partial charge in [-0.25, -0.2) is 14.8 Å². The second-order valence-electron chi connectivity index (χ2n) is 2.35. The molecule has 8 heteroatoms. The molecule has 2 rings (SSSR count). The van der Waals surface area contributed by atoms with Crippen LogP contribution in [0.4, 0.5) is 0 Å². The number of carboxylic acid groups (broad SMARTS) is 1. The van der Waals surface area contributed by atoms with E-state index in [9.17, 15) is 4.79 Å². The summed E-state index contributed by atoms with van der Waals surface area (Å²) in [5.74, 6) is -1.09. The molecule has 0 saturated carbocycles. The Balaban J connectivity index is 2.14. The normalized spacial score (nSPS) is 10.1. The molecule has 0 fully saturated rings. The van der Waals surface area contributed by atoms with Gasteiger partial charge in [0.2, 0.25) is 0 Å². The number of carbonyl (C=O) groups is 1. The van der Waals surface area contributed by atoms with E-state index in [1.165, 1.54) is 35.5 Å². The van der Waals surface area contributed by atoms with E-state index < -0.39 is 5.97 Å². The molecule has 2 aromatic heterocycles. The molecular formula is C7H4N4O2S2. The molecule has 15 heavy (non-hydrogen) atoms. The molecule has 1 N–H and O–H groups in total. The van der Waals surface area contributed by atoms with Crippen LogP contribution < -0.4 is 0 Å². The molecule has 2 aromatic rings. The van der Waals surface area contributed by atoms with Crippen molar-refractivity contribution in [3.05, 3.63) is 23.6 Å². The SMILES string of the molecule is O=C(O)c1cnc(Sc2nncs2)cn1. The molecule has 0 aliphatic heterocycles. The van der Waals surface area contributed by atoms with Gasteiger partial charge in [-0.3, -0.25) is 0 Å². The van der Waals surface area contributed by atoms with Crippen LogP contribution in [0.5, 0.6) is 0 Å². The first-order chi connectivity index (χ1) is 7.25. The second kappa shape index (κ2) is 4.32. The van der Waals surface area contributed by atoms with Crippen molar-refractivity contribution in [2.75, 3.05) is 0 Å². The van der Waals surface area contributed by atoms with Gasteiger partial charge in [0.1, 0.15) is 10.5 Å². The lowest BCUT2D eigenvalue weighted by Gasteiger charge is -1.95. The number of hydrogen-bond donors (Lipinski definition) is 1. The lowest BCUT2D eigenvalue weighted by Crippen LogP contribution is -2.00. The molecule has 0 unspecified atom stereocenters. The van der Waals surface area contributed by atoms with Crippen molar-refractivity contribution in [3.8, 4) is 0 Å². The lowest BCUT2D eigenvalue weighted by molar-refractivity contribution is 0.0689. The van der Waals surface area contributed by atoms with E-state index in [-0.39, 0.29) is 5.69 Å². The lowest BCUT2D eigenvalue weighted by atomic mass is 10.5. The largest absolute Gasteiger partial charge is 0.476 e. The minimum Gasteiger partial charge on any atom is -0.476 e. The Morgan fingerprint density at radius 2 is 2.27 bits per heavy atom. The molecule has 0 atom stereocenters. The van der Waals surface area contributed by atoms with E-state index in [0.717, 1.165) is 4.34 Å². The second-order valence-corrected chi connectivity index (χ2v) is 4.45. The number of rotatable bonds is 3. The molecule has 0 aliphatic rings. The van der Waals surface area contributed by atoms with Crippen molar-refractivity contribution in [1.82, 2.24) is 20.2 Å². The molecule has 76 valence electrons. The maximum absolute atomic E-state index is 10.5. The Hall–Kier alpha value is -1.54. The van der Waals surface area contributed by atoms with Gasteiger partial charge in [0.25, 0.3) is 0 Å². The maximum atomic E-state index is 10.5. The molecule has 0 spiro atoms. The summed E-state index contributed by atoms with van der Waals surface area (Å²) in [4.78, 5) is 18.2. The van der Waals surface area contributed by atoms with Crippen molar-refractivity contribution < 1.29 is 9.90 Å². The van der Waals surface area contributed by atoms with Crippen molar-refractivity contribution in [2.45, 2.75) is 9.37 Å². The van der Waals surface area contributed by atoms with Crippen LogP contribution in [-0.2, 0) is 0 Å². The minimum absolute atomic E-state index is 0.0726. The van der Waals surface area contributed by atoms with E-state index in [4.69, 9.17) is 5.11 Å². The number of aromatic carboxylic acids is 1. The summed E-state index contributed by atoms with van der Waals surface area (Å²) >= 11 is 2.68. The first-order valence-electron chi connectivity index (χ1n) is 3.75. The van der Waals surface area contributed by atoms with Gasteiger partial charge in [-0.1, -0.05) is 11.3 Å². The van der Waals surface area contributed by atoms with Gasteiger partial charge in [-0.2, -0.15) is 0 Å². The average Bonchev–Trinajstić information content (AvgIpc) is 2.71. The highest BCUT2D eigenvalue weighted by molar-refractivity contribution is 8.00. The van der Waals surface area contributed by atoms with Gasteiger partial charge < -0.3 is 5.11 Å². The number of aromatic nitrogens is 4. The summed E-state index contributed by atoms with van der Waals surface area (Å²) in [6.45, 7) is 0. The molecule has 2 heterocycles. The smallest absolute Gasteiger partial charge is 0.356 e. The zero-order valence-corrected chi connectivity index (χ0v) is 8.83. The highest BCUT2D eigenvalue weighted by Gasteiger charge is 2.06. The Kier molecular flexibility index (Phi) is 2.88. The summed E-state index contributed by atoms with van der Waals surface area (Å²) in [5.41, 5.74) is 1.54. The molecular weight excluding hydrogens is 236 g/mol. The van der Waals surface area contributed by atoms with Crippen LogP contribution in [0.2, 0.25) is 0 Å². The monoisotopic (exact) mass is 240 g/mol. The van der Waals surface area contributed by atoms with Gasteiger partial charge in [0, 0.05) is 0 Å². The average molecular weight is 240 g/mol. The number of carboxylic acids is 1. The summed E-state index contributed by atoms with van der Waals surface area (Å²) < 4.78 is 0.743. The number of hydrogen-bond acceptors (Lipinski definition) is 7. The number of nitrogens with zero attached hydrogens (tertiary/aromatic N) is 4. The fourth-order valence-electron chi connectivity index (χ4n) is 0.776. The van der Waals surface area contributed by atoms with E-state index in [2.05, 4.69) is 20.2 Å². The molecule has 6 nitrogen and oxygen atoms in total. The van der Waals surface area contributed by atoms with Gasteiger partial charge in [0.05, 0.1) is 12.4 Å². The van der Waals surface area contributed by atoms with Gasteiger partial charge in [0.15, 0.2) is 10.0 Å². The Morgan fingerprint density at radius 1 is 1.40 bits per heavy atom. The van der Waals surface area contributed by atoms with Crippen LogP contribution in [0.15, 0.2) is 27.3 Å². The molecule has 0 amide bonds. The summed E-state index contributed by atoms with van der Waals surface area (Å²) in [5, 5.41) is 16.7. The van der Waals surface area contributed by atoms with Crippen molar-refractivity contribution in [3.63, 3.8) is 0 Å². The third-order valence-electron chi connectivity index (χ3n) is 1.38. The van der Waals surface area contributed by atoms with Crippen LogP contribution in [0.25, 0.3) is 0 Å². The van der Waals surface area contributed by atoms with Gasteiger partial charge in [-0.15, -0.1) is 10.2 Å². The van der Waals surface area contributed by atoms with Crippen LogP contribution in [-0.4, -0.2) is 31.2 Å². The van der Waals surface area contributed by atoms with Crippen LogP contribution in [0.3, 0.4) is 0 Å². The van der Waals surface area contributed by atoms with Crippen LogP contribution >= 0.6 is 23.1 Å². The van der Waals surface area contributed by atoms with E-state index in [0.29, 0.717) is 5.03 Å². The van der Waals surface area contributed by atoms with E-state index >= 15 is 0 Å². The van der Waals surface area contributed by atoms with Crippen molar-refractivity contribution in [1.29, 1.82) is 0 Å². The topological polar surface area (TPSA) is 88.9 Å². The van der Waals surface area contributed by atoms with Gasteiger partial charge >= 0.3 is 5.97 Å². The Morgan fingerprint density at radius 3 is 2.80 bits per heavy atom. The molecule has 0 bridgehead atoms. The Bertz CT molecular complexity index is 456. The van der Waals surface area contributed by atoms with Crippen molar-refractivity contribution >= 4 is 29.1 Å². The molecule has 0 aromatic carbocycles. The first-order valence-corrected chi connectivity index (χ1v) is 5.44. The van der Waals surface area contributed by atoms with E-state index in [1.54, 1.807) is 5.51 Å². The fraction of sp³-hybridized carbons (Fsp3) is 0. The van der Waals surface area contributed by atoms with Gasteiger partial charge in [-0.05, 0) is 11.8 Å². The molecule has 0 aliphatic carbocycles. The zero-order chi connectivity index (χ0) is 10.7. The molecule has 0 saturated heterocycles.